The van der Waals surface area contributed by atoms with Gasteiger partial charge in [-0.05, 0) is 45.6 Å². The van der Waals surface area contributed by atoms with Gasteiger partial charge in [0.05, 0.1) is 0 Å². The first-order valence-corrected chi connectivity index (χ1v) is 6.06. The number of piperidine rings is 1. The second kappa shape index (κ2) is 5.02. The minimum Gasteiger partial charge on any atom is -0.437 e. The summed E-state index contributed by atoms with van der Waals surface area (Å²) >= 11 is 0. The third kappa shape index (κ3) is 2.65. The molecule has 4 nitrogen and oxygen atoms in total. The van der Waals surface area contributed by atoms with Gasteiger partial charge in [-0.25, -0.2) is 4.98 Å². The number of nitrogens with zero attached hydrogens (tertiary/aromatic N) is 3. The molecule has 0 radical (unpaired) electrons. The van der Waals surface area contributed by atoms with E-state index in [0.717, 1.165) is 25.5 Å². The molecule has 1 aliphatic heterocycles. The molecule has 0 saturated carbocycles. The summed E-state index contributed by atoms with van der Waals surface area (Å²) in [6.45, 7) is 6.93. The monoisotopic (exact) mass is 221 g/mol. The van der Waals surface area contributed by atoms with Gasteiger partial charge in [-0.3, -0.25) is 0 Å². The SMILES string of the molecule is CB(O)N1CCCC(Cn2ccnc2C)C1. The molecule has 1 aromatic heterocycles. The van der Waals surface area contributed by atoms with E-state index in [9.17, 15) is 5.02 Å². The minimum absolute atomic E-state index is 0.313. The van der Waals surface area contributed by atoms with Crippen LogP contribution in [-0.2, 0) is 6.54 Å². The summed E-state index contributed by atoms with van der Waals surface area (Å²) in [6.07, 6.45) is 6.32. The predicted molar refractivity (Wildman–Crippen MR) is 65.1 cm³/mol. The molecule has 88 valence electrons. The van der Waals surface area contributed by atoms with Crippen LogP contribution in [0.3, 0.4) is 0 Å². The third-order valence-corrected chi connectivity index (χ3v) is 3.46. The van der Waals surface area contributed by atoms with E-state index in [-0.39, 0.29) is 7.05 Å². The molecule has 0 bridgehead atoms. The molecule has 0 aromatic carbocycles. The number of hydrogen-bond donors (Lipinski definition) is 1. The maximum Gasteiger partial charge on any atom is 0.376 e. The molecule has 1 fully saturated rings. The van der Waals surface area contributed by atoms with Crippen LogP contribution in [0.4, 0.5) is 0 Å². The Morgan fingerprint density at radius 1 is 1.62 bits per heavy atom. The Labute approximate surface area is 97.4 Å². The van der Waals surface area contributed by atoms with Crippen molar-refractivity contribution in [3.05, 3.63) is 18.2 Å². The first-order chi connectivity index (χ1) is 7.66. The van der Waals surface area contributed by atoms with Crippen LogP contribution in [0.15, 0.2) is 12.4 Å². The van der Waals surface area contributed by atoms with Gasteiger partial charge >= 0.3 is 7.05 Å². The average molecular weight is 221 g/mol. The Bertz CT molecular complexity index is 340. The molecule has 1 aliphatic rings. The molecular formula is C11H20BN3O. The summed E-state index contributed by atoms with van der Waals surface area (Å²) in [6, 6.07) is 0. The summed E-state index contributed by atoms with van der Waals surface area (Å²) in [5.74, 6) is 1.71. The molecule has 1 aromatic rings. The van der Waals surface area contributed by atoms with Crippen molar-refractivity contribution in [1.82, 2.24) is 14.4 Å². The van der Waals surface area contributed by atoms with Crippen molar-refractivity contribution >= 4 is 7.05 Å². The molecule has 2 rings (SSSR count). The summed E-state index contributed by atoms with van der Waals surface area (Å²) in [5.41, 5.74) is 0. The van der Waals surface area contributed by atoms with Gasteiger partial charge in [0.1, 0.15) is 5.82 Å². The maximum absolute atomic E-state index is 9.58. The van der Waals surface area contributed by atoms with Gasteiger partial charge in [0.15, 0.2) is 0 Å². The highest BCUT2D eigenvalue weighted by Gasteiger charge is 2.25. The number of aromatic nitrogens is 2. The lowest BCUT2D eigenvalue weighted by Gasteiger charge is -2.33. The predicted octanol–water partition coefficient (Wildman–Crippen LogP) is 1.01. The summed E-state index contributed by atoms with van der Waals surface area (Å²) in [7, 11) is -0.313. The molecule has 0 spiro atoms. The van der Waals surface area contributed by atoms with E-state index in [1.807, 2.05) is 26.1 Å². The molecule has 0 amide bonds. The highest BCUT2D eigenvalue weighted by molar-refractivity contribution is 6.45. The third-order valence-electron chi connectivity index (χ3n) is 3.46. The van der Waals surface area contributed by atoms with Crippen molar-refractivity contribution in [3.8, 4) is 0 Å². The van der Waals surface area contributed by atoms with E-state index in [4.69, 9.17) is 0 Å². The van der Waals surface area contributed by atoms with Crippen LogP contribution in [-0.4, -0.2) is 39.5 Å². The fourth-order valence-electron chi connectivity index (χ4n) is 2.46. The standard InChI is InChI=1S/C11H20BN3O/c1-10-13-5-7-14(10)8-11-4-3-6-15(9-11)12(2)16/h5,7,11,16H,3-4,6,8-9H2,1-2H3. The summed E-state index contributed by atoms with van der Waals surface area (Å²) in [5, 5.41) is 9.58. The molecule has 0 aliphatic carbocycles. The van der Waals surface area contributed by atoms with Crippen molar-refractivity contribution in [2.24, 2.45) is 5.92 Å². The summed E-state index contributed by atoms with van der Waals surface area (Å²) < 4.78 is 2.20. The normalized spacial score (nSPS) is 22.3. The topological polar surface area (TPSA) is 41.3 Å². The first-order valence-electron chi connectivity index (χ1n) is 6.06. The smallest absolute Gasteiger partial charge is 0.376 e. The second-order valence-corrected chi connectivity index (χ2v) is 4.76. The van der Waals surface area contributed by atoms with Crippen LogP contribution < -0.4 is 0 Å². The van der Waals surface area contributed by atoms with Crippen LogP contribution in [0.2, 0.25) is 6.82 Å². The van der Waals surface area contributed by atoms with Crippen molar-refractivity contribution in [2.75, 3.05) is 13.1 Å². The molecule has 1 saturated heterocycles. The highest BCUT2D eigenvalue weighted by atomic mass is 16.2. The lowest BCUT2D eigenvalue weighted by molar-refractivity contribution is 0.224. The Morgan fingerprint density at radius 2 is 2.44 bits per heavy atom. The van der Waals surface area contributed by atoms with Crippen LogP contribution in [0, 0.1) is 12.8 Å². The van der Waals surface area contributed by atoms with Gasteiger partial charge in [0, 0.05) is 18.9 Å². The van der Waals surface area contributed by atoms with Crippen LogP contribution in [0.1, 0.15) is 18.7 Å². The average Bonchev–Trinajstić information content (AvgIpc) is 2.65. The van der Waals surface area contributed by atoms with Gasteiger partial charge in [-0.2, -0.15) is 0 Å². The maximum atomic E-state index is 9.58. The molecule has 1 atom stereocenters. The zero-order chi connectivity index (χ0) is 11.5. The van der Waals surface area contributed by atoms with Crippen molar-refractivity contribution in [1.29, 1.82) is 0 Å². The van der Waals surface area contributed by atoms with E-state index in [1.165, 1.54) is 12.8 Å². The van der Waals surface area contributed by atoms with E-state index >= 15 is 0 Å². The van der Waals surface area contributed by atoms with Crippen LogP contribution in [0.5, 0.6) is 0 Å². The van der Waals surface area contributed by atoms with E-state index in [0.29, 0.717) is 5.92 Å². The summed E-state index contributed by atoms with van der Waals surface area (Å²) in [4.78, 5) is 6.39. The van der Waals surface area contributed by atoms with Crippen LogP contribution in [0.25, 0.3) is 0 Å². The van der Waals surface area contributed by atoms with E-state index < -0.39 is 0 Å². The fraction of sp³-hybridized carbons (Fsp3) is 0.727. The number of rotatable bonds is 3. The molecule has 2 heterocycles. The fourth-order valence-corrected chi connectivity index (χ4v) is 2.46. The van der Waals surface area contributed by atoms with Crippen LogP contribution >= 0.6 is 0 Å². The quantitative estimate of drug-likeness (QED) is 0.774. The van der Waals surface area contributed by atoms with Gasteiger partial charge in [-0.15, -0.1) is 0 Å². The Hall–Kier alpha value is -0.805. The van der Waals surface area contributed by atoms with Gasteiger partial charge in [0.25, 0.3) is 0 Å². The Morgan fingerprint density at radius 3 is 3.06 bits per heavy atom. The molecule has 5 heteroatoms. The molecule has 1 N–H and O–H groups in total. The number of imidazole rings is 1. The lowest BCUT2D eigenvalue weighted by atomic mass is 9.80. The van der Waals surface area contributed by atoms with Crippen molar-refractivity contribution in [2.45, 2.75) is 33.1 Å². The highest BCUT2D eigenvalue weighted by Crippen LogP contribution is 2.19. The number of aryl methyl sites for hydroxylation is 1. The van der Waals surface area contributed by atoms with Crippen molar-refractivity contribution < 1.29 is 5.02 Å². The molecular weight excluding hydrogens is 201 g/mol. The largest absolute Gasteiger partial charge is 0.437 e. The van der Waals surface area contributed by atoms with E-state index in [1.54, 1.807) is 0 Å². The molecule has 1 unspecified atom stereocenters. The minimum atomic E-state index is -0.313. The Balaban J connectivity index is 1.93. The van der Waals surface area contributed by atoms with Gasteiger partial charge in [0.2, 0.25) is 0 Å². The van der Waals surface area contributed by atoms with Gasteiger partial charge in [-0.1, -0.05) is 0 Å². The molecule has 16 heavy (non-hydrogen) atoms. The second-order valence-electron chi connectivity index (χ2n) is 4.76. The lowest BCUT2D eigenvalue weighted by Crippen LogP contribution is -2.45. The van der Waals surface area contributed by atoms with Gasteiger partial charge < -0.3 is 14.4 Å². The zero-order valence-electron chi connectivity index (χ0n) is 10.1. The number of hydrogen-bond acceptors (Lipinski definition) is 3. The first kappa shape index (κ1) is 11.7. The van der Waals surface area contributed by atoms with E-state index in [2.05, 4.69) is 14.4 Å². The zero-order valence-corrected chi connectivity index (χ0v) is 10.1. The Kier molecular flexibility index (Phi) is 3.66. The van der Waals surface area contributed by atoms with Crippen molar-refractivity contribution in [3.63, 3.8) is 0 Å².